The normalized spacial score (nSPS) is 16.8. The Morgan fingerprint density at radius 3 is 2.53 bits per heavy atom. The maximum Gasteiger partial charge on any atom is 0.389 e. The first-order chi connectivity index (χ1) is 8.96. The van der Waals surface area contributed by atoms with Crippen LogP contribution in [0.15, 0.2) is 18.2 Å². The summed E-state index contributed by atoms with van der Waals surface area (Å²) in [5.41, 5.74) is 0.411. The van der Waals surface area contributed by atoms with E-state index in [0.29, 0.717) is 30.3 Å². The monoisotopic (exact) mass is 276 g/mol. The Morgan fingerprint density at radius 2 is 1.84 bits per heavy atom. The van der Waals surface area contributed by atoms with E-state index in [9.17, 15) is 18.3 Å². The number of alkyl halides is 3. The third-order valence-electron chi connectivity index (χ3n) is 2.86. The number of halogens is 3. The van der Waals surface area contributed by atoms with Crippen LogP contribution in [-0.2, 0) is 0 Å². The third-order valence-corrected chi connectivity index (χ3v) is 2.86. The standard InChI is InChI=1S/C13H15F3O3/c14-13(15,16)5-4-10(17)9-2-3-11-12(8-9)19-7-1-6-18-11/h2-3,8,10,17H,1,4-7H2. The van der Waals surface area contributed by atoms with Gasteiger partial charge < -0.3 is 14.6 Å². The molecule has 3 nitrogen and oxygen atoms in total. The highest BCUT2D eigenvalue weighted by atomic mass is 19.4. The number of fused-ring (bicyclic) bond motifs is 1. The van der Waals surface area contributed by atoms with E-state index in [0.717, 1.165) is 6.42 Å². The van der Waals surface area contributed by atoms with Gasteiger partial charge in [0.25, 0.3) is 0 Å². The SMILES string of the molecule is OC(CCC(F)(F)F)c1ccc2c(c1)OCCCO2. The van der Waals surface area contributed by atoms with E-state index in [2.05, 4.69) is 0 Å². The first-order valence-corrected chi connectivity index (χ1v) is 6.10. The number of ether oxygens (including phenoxy) is 2. The molecule has 1 aromatic rings. The molecular weight excluding hydrogens is 261 g/mol. The quantitative estimate of drug-likeness (QED) is 0.921. The van der Waals surface area contributed by atoms with Gasteiger partial charge in [0, 0.05) is 12.8 Å². The maximum absolute atomic E-state index is 12.1. The van der Waals surface area contributed by atoms with Crippen molar-refractivity contribution in [1.29, 1.82) is 0 Å². The lowest BCUT2D eigenvalue weighted by Gasteiger charge is -2.15. The summed E-state index contributed by atoms with van der Waals surface area (Å²) < 4.78 is 47.1. The molecule has 1 aliphatic heterocycles. The van der Waals surface area contributed by atoms with Gasteiger partial charge in [0.1, 0.15) is 0 Å². The molecule has 0 radical (unpaired) electrons. The lowest BCUT2D eigenvalue weighted by Crippen LogP contribution is -2.10. The van der Waals surface area contributed by atoms with Crippen molar-refractivity contribution in [2.24, 2.45) is 0 Å². The molecule has 19 heavy (non-hydrogen) atoms. The molecule has 0 spiro atoms. The predicted molar refractivity (Wildman–Crippen MR) is 62.3 cm³/mol. The van der Waals surface area contributed by atoms with Crippen LogP contribution in [-0.4, -0.2) is 24.5 Å². The molecule has 0 aromatic heterocycles. The topological polar surface area (TPSA) is 38.7 Å². The molecule has 1 heterocycles. The fourth-order valence-electron chi connectivity index (χ4n) is 1.85. The Labute approximate surface area is 108 Å². The second-order valence-electron chi connectivity index (χ2n) is 4.43. The van der Waals surface area contributed by atoms with Gasteiger partial charge in [0.2, 0.25) is 0 Å². The third kappa shape index (κ3) is 4.02. The van der Waals surface area contributed by atoms with E-state index >= 15 is 0 Å². The van der Waals surface area contributed by atoms with Crippen LogP contribution in [0.2, 0.25) is 0 Å². The van der Waals surface area contributed by atoms with E-state index in [4.69, 9.17) is 9.47 Å². The molecule has 1 N–H and O–H groups in total. The van der Waals surface area contributed by atoms with Crippen LogP contribution in [0.25, 0.3) is 0 Å². The smallest absolute Gasteiger partial charge is 0.389 e. The van der Waals surface area contributed by atoms with Crippen molar-refractivity contribution in [3.05, 3.63) is 23.8 Å². The van der Waals surface area contributed by atoms with Gasteiger partial charge >= 0.3 is 6.18 Å². The molecule has 0 saturated heterocycles. The molecule has 2 rings (SSSR count). The second-order valence-corrected chi connectivity index (χ2v) is 4.43. The van der Waals surface area contributed by atoms with Crippen molar-refractivity contribution in [1.82, 2.24) is 0 Å². The Bertz CT molecular complexity index is 432. The van der Waals surface area contributed by atoms with Gasteiger partial charge in [0.15, 0.2) is 11.5 Å². The van der Waals surface area contributed by atoms with Crippen LogP contribution in [0, 0.1) is 0 Å². The lowest BCUT2D eigenvalue weighted by atomic mass is 10.0. The van der Waals surface area contributed by atoms with Crippen LogP contribution in [0.4, 0.5) is 13.2 Å². The van der Waals surface area contributed by atoms with Gasteiger partial charge in [-0.15, -0.1) is 0 Å². The summed E-state index contributed by atoms with van der Waals surface area (Å²) in [6, 6.07) is 4.73. The van der Waals surface area contributed by atoms with Crippen molar-refractivity contribution < 1.29 is 27.8 Å². The van der Waals surface area contributed by atoms with E-state index in [-0.39, 0.29) is 6.42 Å². The summed E-state index contributed by atoms with van der Waals surface area (Å²) in [4.78, 5) is 0. The van der Waals surface area contributed by atoms with E-state index < -0.39 is 18.7 Å². The van der Waals surface area contributed by atoms with Gasteiger partial charge in [-0.25, -0.2) is 0 Å². The number of rotatable bonds is 3. The molecule has 106 valence electrons. The number of hydrogen-bond acceptors (Lipinski definition) is 3. The van der Waals surface area contributed by atoms with Crippen LogP contribution in [0.1, 0.15) is 30.9 Å². The van der Waals surface area contributed by atoms with Crippen molar-refractivity contribution in [3.63, 3.8) is 0 Å². The minimum Gasteiger partial charge on any atom is -0.490 e. The number of benzene rings is 1. The molecule has 6 heteroatoms. The van der Waals surface area contributed by atoms with E-state index in [1.54, 1.807) is 18.2 Å². The van der Waals surface area contributed by atoms with Crippen molar-refractivity contribution in [2.75, 3.05) is 13.2 Å². The zero-order valence-electron chi connectivity index (χ0n) is 10.2. The van der Waals surface area contributed by atoms with Gasteiger partial charge in [0.05, 0.1) is 19.3 Å². The van der Waals surface area contributed by atoms with Crippen LogP contribution in [0.3, 0.4) is 0 Å². The van der Waals surface area contributed by atoms with Gasteiger partial charge in [-0.2, -0.15) is 13.2 Å². The minimum atomic E-state index is -4.26. The highest BCUT2D eigenvalue weighted by Crippen LogP contribution is 2.34. The van der Waals surface area contributed by atoms with E-state index in [1.807, 2.05) is 0 Å². The summed E-state index contributed by atoms with van der Waals surface area (Å²) in [5.74, 6) is 1.03. The zero-order valence-corrected chi connectivity index (χ0v) is 10.2. The summed E-state index contributed by atoms with van der Waals surface area (Å²) in [7, 11) is 0. The molecule has 1 aliphatic rings. The molecule has 0 amide bonds. The Morgan fingerprint density at radius 1 is 1.16 bits per heavy atom. The van der Waals surface area contributed by atoms with Crippen molar-refractivity contribution in [3.8, 4) is 11.5 Å². The Hall–Kier alpha value is -1.43. The summed E-state index contributed by atoms with van der Waals surface area (Å²) in [6.07, 6.45) is -6.03. The van der Waals surface area contributed by atoms with Gasteiger partial charge in [-0.1, -0.05) is 6.07 Å². The van der Waals surface area contributed by atoms with Gasteiger partial charge in [-0.3, -0.25) is 0 Å². The fourth-order valence-corrected chi connectivity index (χ4v) is 1.85. The summed E-state index contributed by atoms with van der Waals surface area (Å²) in [5, 5.41) is 9.76. The molecule has 0 aliphatic carbocycles. The lowest BCUT2D eigenvalue weighted by molar-refractivity contribution is -0.140. The average Bonchev–Trinajstić information content (AvgIpc) is 2.59. The first-order valence-electron chi connectivity index (χ1n) is 6.10. The number of hydrogen-bond donors (Lipinski definition) is 1. The Kier molecular flexibility index (Phi) is 4.19. The van der Waals surface area contributed by atoms with Crippen LogP contribution >= 0.6 is 0 Å². The largest absolute Gasteiger partial charge is 0.490 e. The average molecular weight is 276 g/mol. The molecule has 1 unspecified atom stereocenters. The molecular formula is C13H15F3O3. The molecule has 0 fully saturated rings. The molecule has 1 atom stereocenters. The maximum atomic E-state index is 12.1. The Balaban J connectivity index is 2.06. The molecule has 0 saturated carbocycles. The number of aliphatic hydroxyl groups excluding tert-OH is 1. The highest BCUT2D eigenvalue weighted by Gasteiger charge is 2.28. The summed E-state index contributed by atoms with van der Waals surface area (Å²) >= 11 is 0. The van der Waals surface area contributed by atoms with Crippen molar-refractivity contribution >= 4 is 0 Å². The summed E-state index contributed by atoms with van der Waals surface area (Å²) in [6.45, 7) is 1.04. The van der Waals surface area contributed by atoms with Crippen LogP contribution < -0.4 is 9.47 Å². The predicted octanol–water partition coefficient (Wildman–Crippen LogP) is 3.22. The first kappa shape index (κ1) is 14.0. The van der Waals surface area contributed by atoms with Gasteiger partial charge in [-0.05, 0) is 24.1 Å². The molecule has 1 aromatic carbocycles. The second kappa shape index (κ2) is 5.69. The van der Waals surface area contributed by atoms with Crippen LogP contribution in [0.5, 0.6) is 11.5 Å². The molecule has 0 bridgehead atoms. The highest BCUT2D eigenvalue weighted by molar-refractivity contribution is 5.44. The zero-order chi connectivity index (χ0) is 13.9. The fraction of sp³-hybridized carbons (Fsp3) is 0.538. The van der Waals surface area contributed by atoms with Crippen molar-refractivity contribution in [2.45, 2.75) is 31.5 Å². The number of aliphatic hydroxyl groups is 1. The minimum absolute atomic E-state index is 0.358. The van der Waals surface area contributed by atoms with E-state index in [1.165, 1.54) is 0 Å².